The predicted octanol–water partition coefficient (Wildman–Crippen LogP) is 9.36. The molecule has 0 bridgehead atoms. The number of nitrogens with zero attached hydrogens (tertiary/aromatic N) is 2. The van der Waals surface area contributed by atoms with Gasteiger partial charge in [-0.25, -0.2) is 14.7 Å². The lowest BCUT2D eigenvalue weighted by Gasteiger charge is -2.17. The Kier molecular flexibility index (Phi) is 7.11. The number of imide groups is 1. The van der Waals surface area contributed by atoms with E-state index < -0.39 is 17.8 Å². The van der Waals surface area contributed by atoms with Gasteiger partial charge in [0.2, 0.25) is 5.89 Å². The van der Waals surface area contributed by atoms with Gasteiger partial charge in [-0.15, -0.1) is 11.3 Å². The molecule has 5 aromatic carbocycles. The largest absolute Gasteiger partial charge is 0.478 e. The first-order valence-corrected chi connectivity index (χ1v) is 16.4. The minimum Gasteiger partial charge on any atom is -0.478 e. The monoisotopic (exact) mass is 649 g/mol. The van der Waals surface area contributed by atoms with Crippen molar-refractivity contribution in [2.24, 2.45) is 0 Å². The van der Waals surface area contributed by atoms with E-state index in [4.69, 9.17) is 9.40 Å². The fourth-order valence-electron chi connectivity index (χ4n) is 6.21. The van der Waals surface area contributed by atoms with Crippen LogP contribution in [-0.4, -0.2) is 34.4 Å². The molecule has 48 heavy (non-hydrogen) atoms. The Morgan fingerprint density at radius 2 is 1.62 bits per heavy atom. The standard InChI is InChI=1S/C39H27N3O5S/c1-2-17-40-32-15-13-25(42-37(43)29-14-11-23(39(45)46)18-30(29)38(42)44)20-31(32)36-41-33-19-22(12-16-34(33)47-36)26-8-5-6-10-28(26)35-27-9-4-3-7-24(27)21-48-35/h3-16,18-21,40H,2,17H2,1H3,(H,45,46). The summed E-state index contributed by atoms with van der Waals surface area (Å²) < 4.78 is 6.30. The Morgan fingerprint density at radius 3 is 2.46 bits per heavy atom. The normalized spacial score (nSPS) is 12.6. The molecule has 0 spiro atoms. The summed E-state index contributed by atoms with van der Waals surface area (Å²) in [6, 6.07) is 31.9. The van der Waals surface area contributed by atoms with Crippen LogP contribution < -0.4 is 10.2 Å². The number of anilines is 2. The fourth-order valence-corrected chi connectivity index (χ4v) is 7.28. The summed E-state index contributed by atoms with van der Waals surface area (Å²) in [5, 5.41) is 17.4. The minimum atomic E-state index is -1.17. The zero-order chi connectivity index (χ0) is 32.9. The molecule has 234 valence electrons. The van der Waals surface area contributed by atoms with Gasteiger partial charge in [0, 0.05) is 28.1 Å². The lowest BCUT2D eigenvalue weighted by atomic mass is 9.97. The number of carboxylic acid groups (broad SMARTS) is 1. The third-order valence-electron chi connectivity index (χ3n) is 8.57. The van der Waals surface area contributed by atoms with Gasteiger partial charge in [-0.3, -0.25) is 9.59 Å². The molecule has 9 heteroatoms. The van der Waals surface area contributed by atoms with Gasteiger partial charge >= 0.3 is 5.97 Å². The highest BCUT2D eigenvalue weighted by atomic mass is 32.1. The van der Waals surface area contributed by atoms with Crippen LogP contribution in [0.15, 0.2) is 113 Å². The maximum atomic E-state index is 13.4. The van der Waals surface area contributed by atoms with Crippen molar-refractivity contribution in [1.82, 2.24) is 4.98 Å². The van der Waals surface area contributed by atoms with Gasteiger partial charge < -0.3 is 14.8 Å². The van der Waals surface area contributed by atoms with Crippen molar-refractivity contribution < 1.29 is 23.9 Å². The van der Waals surface area contributed by atoms with Crippen molar-refractivity contribution in [2.45, 2.75) is 13.3 Å². The van der Waals surface area contributed by atoms with Gasteiger partial charge in [0.15, 0.2) is 5.58 Å². The van der Waals surface area contributed by atoms with E-state index in [-0.39, 0.29) is 16.7 Å². The topological polar surface area (TPSA) is 113 Å². The number of hydrogen-bond acceptors (Lipinski definition) is 7. The first-order chi connectivity index (χ1) is 23.4. The number of carbonyl (C=O) groups is 3. The van der Waals surface area contributed by atoms with Crippen molar-refractivity contribution in [3.05, 3.63) is 125 Å². The van der Waals surface area contributed by atoms with Crippen LogP contribution in [-0.2, 0) is 0 Å². The maximum absolute atomic E-state index is 13.4. The quantitative estimate of drug-likeness (QED) is 0.158. The molecule has 0 atom stereocenters. The van der Waals surface area contributed by atoms with E-state index in [1.54, 1.807) is 29.5 Å². The van der Waals surface area contributed by atoms with Crippen LogP contribution in [0.25, 0.3) is 54.9 Å². The van der Waals surface area contributed by atoms with Crippen LogP contribution in [0.4, 0.5) is 11.4 Å². The molecule has 0 unspecified atom stereocenters. The van der Waals surface area contributed by atoms with Crippen molar-refractivity contribution in [2.75, 3.05) is 16.8 Å². The number of aromatic nitrogens is 1. The number of thiophene rings is 1. The molecule has 2 N–H and O–H groups in total. The molecule has 0 saturated heterocycles. The summed E-state index contributed by atoms with van der Waals surface area (Å²) >= 11 is 1.73. The second kappa shape index (κ2) is 11.6. The number of hydrogen-bond donors (Lipinski definition) is 2. The van der Waals surface area contributed by atoms with Crippen molar-refractivity contribution in [1.29, 1.82) is 0 Å². The van der Waals surface area contributed by atoms with E-state index in [2.05, 4.69) is 60.1 Å². The number of rotatable bonds is 8. The van der Waals surface area contributed by atoms with Crippen LogP contribution in [0, 0.1) is 0 Å². The van der Waals surface area contributed by atoms with E-state index in [1.807, 2.05) is 24.3 Å². The average molecular weight is 650 g/mol. The van der Waals surface area contributed by atoms with Gasteiger partial charge in [-0.05, 0) is 76.8 Å². The van der Waals surface area contributed by atoms with E-state index in [0.29, 0.717) is 34.8 Å². The van der Waals surface area contributed by atoms with E-state index in [1.165, 1.54) is 33.8 Å². The van der Waals surface area contributed by atoms with Crippen molar-refractivity contribution in [3.63, 3.8) is 0 Å². The number of nitrogens with one attached hydrogen (secondary N) is 1. The summed E-state index contributed by atoms with van der Waals surface area (Å²) in [5.41, 5.74) is 6.30. The Morgan fingerprint density at radius 1 is 0.833 bits per heavy atom. The fraction of sp³-hybridized carbons (Fsp3) is 0.0769. The number of benzene rings is 5. The van der Waals surface area contributed by atoms with Crippen molar-refractivity contribution >= 4 is 62.4 Å². The van der Waals surface area contributed by atoms with Gasteiger partial charge in [-0.2, -0.15) is 0 Å². The highest BCUT2D eigenvalue weighted by Gasteiger charge is 2.37. The molecule has 2 amide bonds. The zero-order valence-electron chi connectivity index (χ0n) is 25.7. The summed E-state index contributed by atoms with van der Waals surface area (Å²) in [5.74, 6) is -1.94. The molecule has 0 aliphatic carbocycles. The number of aromatic carboxylic acids is 1. The molecule has 0 saturated carbocycles. The van der Waals surface area contributed by atoms with E-state index in [9.17, 15) is 19.5 Å². The second-order valence-corrected chi connectivity index (χ2v) is 12.4. The second-order valence-electron chi connectivity index (χ2n) is 11.6. The van der Waals surface area contributed by atoms with Crippen LogP contribution in [0.5, 0.6) is 0 Å². The number of oxazole rings is 1. The van der Waals surface area contributed by atoms with Crippen LogP contribution in [0.3, 0.4) is 0 Å². The summed E-state index contributed by atoms with van der Waals surface area (Å²) in [7, 11) is 0. The maximum Gasteiger partial charge on any atom is 0.335 e. The first-order valence-electron chi connectivity index (χ1n) is 15.5. The first kappa shape index (κ1) is 29.3. The molecule has 0 radical (unpaired) electrons. The molecule has 3 heterocycles. The lowest BCUT2D eigenvalue weighted by Crippen LogP contribution is -2.29. The van der Waals surface area contributed by atoms with Gasteiger partial charge in [0.1, 0.15) is 5.52 Å². The van der Waals surface area contributed by atoms with Crippen molar-refractivity contribution in [3.8, 4) is 33.0 Å². The molecule has 1 aliphatic rings. The van der Waals surface area contributed by atoms with Gasteiger partial charge in [0.05, 0.1) is 27.9 Å². The number of carbonyl (C=O) groups excluding carboxylic acids is 2. The molecule has 1 aliphatic heterocycles. The predicted molar refractivity (Wildman–Crippen MR) is 189 cm³/mol. The lowest BCUT2D eigenvalue weighted by molar-refractivity contribution is 0.0696. The Hall–Kier alpha value is -6.06. The number of carboxylic acids is 1. The van der Waals surface area contributed by atoms with Crippen LogP contribution in [0.1, 0.15) is 44.4 Å². The molecular weight excluding hydrogens is 623 g/mol. The Bertz CT molecular complexity index is 2440. The Balaban J connectivity index is 1.20. The average Bonchev–Trinajstić information content (AvgIpc) is 3.81. The molecular formula is C39H27N3O5S. The van der Waals surface area contributed by atoms with E-state index in [0.717, 1.165) is 33.7 Å². The molecule has 2 aromatic heterocycles. The number of fused-ring (bicyclic) bond motifs is 3. The highest BCUT2D eigenvalue weighted by molar-refractivity contribution is 7.15. The smallest absolute Gasteiger partial charge is 0.335 e. The molecule has 7 aromatic rings. The molecule has 0 fully saturated rings. The Labute approximate surface area is 278 Å². The SMILES string of the molecule is CCCNc1ccc(N2C(=O)c3ccc(C(=O)O)cc3C2=O)cc1-c1nc2cc(-c3ccccc3-c3scc4ccccc34)ccc2o1. The molecule has 8 rings (SSSR count). The minimum absolute atomic E-state index is 0.0554. The highest BCUT2D eigenvalue weighted by Crippen LogP contribution is 2.42. The summed E-state index contributed by atoms with van der Waals surface area (Å²) in [6.07, 6.45) is 0.876. The number of amides is 2. The molecule has 8 nitrogen and oxygen atoms in total. The van der Waals surface area contributed by atoms with Gasteiger partial charge in [-0.1, -0.05) is 61.5 Å². The third-order valence-corrected chi connectivity index (χ3v) is 9.62. The summed E-state index contributed by atoms with van der Waals surface area (Å²) in [4.78, 5) is 45.5. The zero-order valence-corrected chi connectivity index (χ0v) is 26.5. The van der Waals surface area contributed by atoms with E-state index >= 15 is 0 Å². The van der Waals surface area contributed by atoms with Crippen LogP contribution in [0.2, 0.25) is 0 Å². The third kappa shape index (κ3) is 4.83. The summed E-state index contributed by atoms with van der Waals surface area (Å²) in [6.45, 7) is 2.75. The van der Waals surface area contributed by atoms with Gasteiger partial charge in [0.25, 0.3) is 11.8 Å². The van der Waals surface area contributed by atoms with Crippen LogP contribution >= 0.6 is 11.3 Å².